The van der Waals surface area contributed by atoms with E-state index in [0.717, 1.165) is 10.7 Å². The molecule has 2 aromatic carbocycles. The van der Waals surface area contributed by atoms with Crippen molar-refractivity contribution in [1.82, 2.24) is 9.88 Å². The summed E-state index contributed by atoms with van der Waals surface area (Å²) in [6.07, 6.45) is 1.94. The number of thioether (sulfide) groups is 1. The zero-order chi connectivity index (χ0) is 19.5. The quantitative estimate of drug-likeness (QED) is 0.737. The van der Waals surface area contributed by atoms with Gasteiger partial charge in [0.15, 0.2) is 0 Å². The summed E-state index contributed by atoms with van der Waals surface area (Å²) in [4.78, 5) is 26.8. The van der Waals surface area contributed by atoms with Crippen LogP contribution < -0.4 is 10.2 Å². The SMILES string of the molecule is O=C(CN1C(=O)CSc2cccn2-c2ccccc21)NCc1ccccc1F. The fourth-order valence-corrected chi connectivity index (χ4v) is 4.03. The van der Waals surface area contributed by atoms with Crippen molar-refractivity contribution in [3.8, 4) is 5.69 Å². The van der Waals surface area contributed by atoms with Crippen molar-refractivity contribution < 1.29 is 14.0 Å². The number of nitrogens with zero attached hydrogens (tertiary/aromatic N) is 2. The number of rotatable bonds is 4. The van der Waals surface area contributed by atoms with Gasteiger partial charge in [0, 0.05) is 18.3 Å². The number of amides is 2. The smallest absolute Gasteiger partial charge is 0.240 e. The van der Waals surface area contributed by atoms with Crippen molar-refractivity contribution in [2.45, 2.75) is 11.6 Å². The zero-order valence-electron chi connectivity index (χ0n) is 15.0. The molecule has 0 atom stereocenters. The van der Waals surface area contributed by atoms with E-state index >= 15 is 0 Å². The molecule has 0 radical (unpaired) electrons. The van der Waals surface area contributed by atoms with Crippen LogP contribution in [0.5, 0.6) is 0 Å². The molecule has 0 saturated carbocycles. The molecule has 0 aliphatic carbocycles. The number of aromatic nitrogens is 1. The van der Waals surface area contributed by atoms with Gasteiger partial charge in [0.05, 0.1) is 22.2 Å². The third-order valence-corrected chi connectivity index (χ3v) is 5.54. The number of para-hydroxylation sites is 2. The van der Waals surface area contributed by atoms with E-state index in [0.29, 0.717) is 11.3 Å². The largest absolute Gasteiger partial charge is 0.350 e. The number of fused-ring (bicyclic) bond motifs is 3. The van der Waals surface area contributed by atoms with Gasteiger partial charge < -0.3 is 14.8 Å². The zero-order valence-corrected chi connectivity index (χ0v) is 15.8. The van der Waals surface area contributed by atoms with Gasteiger partial charge in [0.2, 0.25) is 11.8 Å². The molecule has 1 aliphatic rings. The van der Waals surface area contributed by atoms with Crippen molar-refractivity contribution in [2.24, 2.45) is 0 Å². The van der Waals surface area contributed by atoms with Gasteiger partial charge in [-0.2, -0.15) is 0 Å². The average Bonchev–Trinajstić information content (AvgIpc) is 3.17. The van der Waals surface area contributed by atoms with E-state index in [1.807, 2.05) is 47.2 Å². The number of benzene rings is 2. The van der Waals surface area contributed by atoms with Crippen LogP contribution in [0.15, 0.2) is 71.9 Å². The van der Waals surface area contributed by atoms with Crippen molar-refractivity contribution in [1.29, 1.82) is 0 Å². The lowest BCUT2D eigenvalue weighted by Gasteiger charge is -2.27. The highest BCUT2D eigenvalue weighted by Crippen LogP contribution is 2.32. The molecule has 7 heteroatoms. The fourth-order valence-electron chi connectivity index (χ4n) is 3.13. The standard InChI is InChI=1S/C21H18FN3O2S/c22-16-7-2-1-6-15(16)12-23-19(26)13-25-18-9-4-3-8-17(18)24-11-5-10-21(24)28-14-20(25)27/h1-11H,12-14H2,(H,23,26). The summed E-state index contributed by atoms with van der Waals surface area (Å²) in [6.45, 7) is -0.0485. The van der Waals surface area contributed by atoms with Crippen molar-refractivity contribution in [2.75, 3.05) is 17.2 Å². The maximum Gasteiger partial charge on any atom is 0.240 e. The Morgan fingerprint density at radius 3 is 2.61 bits per heavy atom. The minimum Gasteiger partial charge on any atom is -0.350 e. The molecule has 1 N–H and O–H groups in total. The predicted octanol–water partition coefficient (Wildman–Crippen LogP) is 3.37. The average molecular weight is 395 g/mol. The Morgan fingerprint density at radius 1 is 1.04 bits per heavy atom. The van der Waals surface area contributed by atoms with Gasteiger partial charge in [-0.3, -0.25) is 9.59 Å². The van der Waals surface area contributed by atoms with Crippen LogP contribution in [0.25, 0.3) is 5.69 Å². The number of anilines is 1. The highest BCUT2D eigenvalue weighted by atomic mass is 32.2. The van der Waals surface area contributed by atoms with Crippen molar-refractivity contribution in [3.63, 3.8) is 0 Å². The molecule has 2 heterocycles. The molecular weight excluding hydrogens is 377 g/mol. The molecule has 1 aromatic heterocycles. The maximum atomic E-state index is 13.7. The van der Waals surface area contributed by atoms with Crippen LogP contribution >= 0.6 is 11.8 Å². The number of carbonyl (C=O) groups excluding carboxylic acids is 2. The highest BCUT2D eigenvalue weighted by molar-refractivity contribution is 7.99. The molecule has 2 amide bonds. The molecule has 0 bridgehead atoms. The van der Waals surface area contributed by atoms with Crippen molar-refractivity contribution in [3.05, 3.63) is 78.2 Å². The molecule has 3 aromatic rings. The first-order valence-corrected chi connectivity index (χ1v) is 9.82. The minimum atomic E-state index is -0.369. The number of carbonyl (C=O) groups is 2. The molecule has 0 spiro atoms. The third kappa shape index (κ3) is 3.66. The summed E-state index contributed by atoms with van der Waals surface area (Å²) < 4.78 is 15.8. The van der Waals surface area contributed by atoms with Crippen LogP contribution in [0.1, 0.15) is 5.56 Å². The van der Waals surface area contributed by atoms with Crippen LogP contribution in [0.3, 0.4) is 0 Å². The minimum absolute atomic E-state index is 0.0751. The molecule has 0 saturated heterocycles. The second-order valence-corrected chi connectivity index (χ2v) is 7.34. The summed E-state index contributed by atoms with van der Waals surface area (Å²) in [5.41, 5.74) is 1.92. The van der Waals surface area contributed by atoms with Gasteiger partial charge in [-0.1, -0.05) is 42.1 Å². The predicted molar refractivity (Wildman–Crippen MR) is 107 cm³/mol. The third-order valence-electron chi connectivity index (χ3n) is 4.52. The van der Waals surface area contributed by atoms with Crippen LogP contribution in [0.2, 0.25) is 0 Å². The van der Waals surface area contributed by atoms with E-state index in [2.05, 4.69) is 5.32 Å². The lowest BCUT2D eigenvalue weighted by Crippen LogP contribution is -2.42. The number of hydrogen-bond donors (Lipinski definition) is 1. The van der Waals surface area contributed by atoms with Gasteiger partial charge in [-0.15, -0.1) is 0 Å². The second kappa shape index (κ2) is 7.90. The van der Waals surface area contributed by atoms with Crippen LogP contribution in [-0.4, -0.2) is 28.7 Å². The normalized spacial score (nSPS) is 13.3. The van der Waals surface area contributed by atoms with E-state index in [9.17, 15) is 14.0 Å². The van der Waals surface area contributed by atoms with E-state index in [4.69, 9.17) is 0 Å². The Balaban J connectivity index is 1.56. The molecule has 0 fully saturated rings. The van der Waals surface area contributed by atoms with Crippen LogP contribution in [-0.2, 0) is 16.1 Å². The van der Waals surface area contributed by atoms with E-state index in [-0.39, 0.29) is 36.5 Å². The van der Waals surface area contributed by atoms with Gasteiger partial charge in [-0.25, -0.2) is 4.39 Å². The summed E-state index contributed by atoms with van der Waals surface area (Å²) in [5.74, 6) is -0.624. The van der Waals surface area contributed by atoms with E-state index < -0.39 is 0 Å². The summed E-state index contributed by atoms with van der Waals surface area (Å²) in [7, 11) is 0. The van der Waals surface area contributed by atoms with Gasteiger partial charge in [-0.05, 0) is 30.3 Å². The molecule has 4 rings (SSSR count). The van der Waals surface area contributed by atoms with Gasteiger partial charge in [0.1, 0.15) is 12.4 Å². The maximum absolute atomic E-state index is 13.7. The first-order valence-electron chi connectivity index (χ1n) is 8.83. The molecular formula is C21H18FN3O2S. The lowest BCUT2D eigenvalue weighted by atomic mass is 10.2. The number of nitrogens with one attached hydrogen (secondary N) is 1. The molecule has 28 heavy (non-hydrogen) atoms. The lowest BCUT2D eigenvalue weighted by molar-refractivity contribution is -0.123. The highest BCUT2D eigenvalue weighted by Gasteiger charge is 2.25. The Kier molecular flexibility index (Phi) is 5.16. The first kappa shape index (κ1) is 18.3. The molecule has 5 nitrogen and oxygen atoms in total. The topological polar surface area (TPSA) is 54.3 Å². The molecule has 1 aliphatic heterocycles. The molecule has 142 valence electrons. The Hall–Kier alpha value is -3.06. The van der Waals surface area contributed by atoms with Gasteiger partial charge >= 0.3 is 0 Å². The Labute approximate surface area is 166 Å². The monoisotopic (exact) mass is 395 g/mol. The fraction of sp³-hybridized carbons (Fsp3) is 0.143. The summed E-state index contributed by atoms with van der Waals surface area (Å²) >= 11 is 1.43. The Bertz CT molecular complexity index is 1030. The summed E-state index contributed by atoms with van der Waals surface area (Å²) in [6, 6.07) is 17.7. The van der Waals surface area contributed by atoms with Crippen LogP contribution in [0.4, 0.5) is 10.1 Å². The summed E-state index contributed by atoms with van der Waals surface area (Å²) in [5, 5.41) is 3.68. The van der Waals surface area contributed by atoms with Gasteiger partial charge in [0.25, 0.3) is 0 Å². The van der Waals surface area contributed by atoms with E-state index in [1.165, 1.54) is 22.7 Å². The Morgan fingerprint density at radius 2 is 1.79 bits per heavy atom. The molecule has 0 unspecified atom stereocenters. The van der Waals surface area contributed by atoms with Crippen molar-refractivity contribution >= 4 is 29.3 Å². The number of halogens is 1. The van der Waals surface area contributed by atoms with E-state index in [1.54, 1.807) is 18.2 Å². The van der Waals surface area contributed by atoms with Crippen LogP contribution in [0, 0.1) is 5.82 Å². The first-order chi connectivity index (χ1) is 13.6. The number of hydrogen-bond acceptors (Lipinski definition) is 3. The second-order valence-electron chi connectivity index (χ2n) is 6.34.